The van der Waals surface area contributed by atoms with Crippen molar-refractivity contribution >= 4 is 11.6 Å². The Labute approximate surface area is 84.4 Å². The average molecular weight is 192 g/mol. The van der Waals surface area contributed by atoms with Crippen molar-refractivity contribution in [3.05, 3.63) is 11.6 Å². The molecule has 14 heavy (non-hydrogen) atoms. The summed E-state index contributed by atoms with van der Waals surface area (Å²) in [5, 5.41) is 0. The van der Waals surface area contributed by atoms with Gasteiger partial charge in [0.05, 0.1) is 0 Å². The molecule has 0 amide bonds. The number of rotatable bonds is 0. The van der Waals surface area contributed by atoms with E-state index in [1.54, 1.807) is 6.08 Å². The van der Waals surface area contributed by atoms with Gasteiger partial charge in [-0.25, -0.2) is 0 Å². The number of Topliss-reactive ketones (excluding diaryl/α,β-unsaturated/α-hetero) is 1. The fourth-order valence-corrected chi connectivity index (χ4v) is 2.90. The minimum Gasteiger partial charge on any atom is -0.300 e. The first-order valence-electron chi connectivity index (χ1n) is 5.24. The lowest BCUT2D eigenvalue weighted by molar-refractivity contribution is -0.128. The van der Waals surface area contributed by atoms with Crippen LogP contribution in [-0.4, -0.2) is 11.6 Å². The molecule has 1 fully saturated rings. The van der Waals surface area contributed by atoms with Crippen molar-refractivity contribution in [2.24, 2.45) is 11.3 Å². The summed E-state index contributed by atoms with van der Waals surface area (Å²) >= 11 is 0. The fraction of sp³-hybridized carbons (Fsp3) is 0.667. The third-order valence-corrected chi connectivity index (χ3v) is 3.76. The molecule has 1 saturated carbocycles. The van der Waals surface area contributed by atoms with Gasteiger partial charge in [-0.05, 0) is 30.8 Å². The molecule has 2 heteroatoms. The average Bonchev–Trinajstić information content (AvgIpc) is 2.07. The highest BCUT2D eigenvalue weighted by Crippen LogP contribution is 2.48. The van der Waals surface area contributed by atoms with Crippen molar-refractivity contribution in [1.29, 1.82) is 0 Å². The normalized spacial score (nSPS) is 37.9. The Morgan fingerprint density at radius 3 is 2.86 bits per heavy atom. The summed E-state index contributed by atoms with van der Waals surface area (Å²) in [5.41, 5.74) is 1.17. The van der Waals surface area contributed by atoms with Crippen molar-refractivity contribution in [2.45, 2.75) is 39.5 Å². The van der Waals surface area contributed by atoms with Crippen LogP contribution < -0.4 is 0 Å². The van der Waals surface area contributed by atoms with Crippen molar-refractivity contribution in [3.63, 3.8) is 0 Å². The summed E-state index contributed by atoms with van der Waals surface area (Å²) < 4.78 is 0. The Hall–Kier alpha value is -0.920. The van der Waals surface area contributed by atoms with E-state index in [-0.39, 0.29) is 11.2 Å². The number of hydrogen-bond acceptors (Lipinski definition) is 2. The Kier molecular flexibility index (Phi) is 2.09. The third kappa shape index (κ3) is 1.43. The quantitative estimate of drug-likeness (QED) is 0.590. The van der Waals surface area contributed by atoms with Crippen LogP contribution in [0.4, 0.5) is 0 Å². The first-order chi connectivity index (χ1) is 6.51. The lowest BCUT2D eigenvalue weighted by Crippen LogP contribution is -2.39. The second-order valence-corrected chi connectivity index (χ2v) is 4.98. The van der Waals surface area contributed by atoms with Crippen LogP contribution in [0.25, 0.3) is 0 Å². The summed E-state index contributed by atoms with van der Waals surface area (Å²) in [7, 11) is 0. The van der Waals surface area contributed by atoms with Crippen molar-refractivity contribution in [2.75, 3.05) is 0 Å². The molecule has 2 atom stereocenters. The molecule has 2 nitrogen and oxygen atoms in total. The summed E-state index contributed by atoms with van der Waals surface area (Å²) in [6, 6.07) is 0. The Morgan fingerprint density at radius 1 is 1.43 bits per heavy atom. The van der Waals surface area contributed by atoms with E-state index in [2.05, 4.69) is 6.92 Å². The zero-order chi connectivity index (χ0) is 10.3. The van der Waals surface area contributed by atoms with Crippen LogP contribution in [0.2, 0.25) is 0 Å². The molecule has 0 radical (unpaired) electrons. The lowest BCUT2D eigenvalue weighted by Gasteiger charge is -2.43. The van der Waals surface area contributed by atoms with Gasteiger partial charge in [-0.1, -0.05) is 12.5 Å². The van der Waals surface area contributed by atoms with Crippen molar-refractivity contribution in [3.8, 4) is 0 Å². The van der Waals surface area contributed by atoms with Gasteiger partial charge >= 0.3 is 0 Å². The van der Waals surface area contributed by atoms with Crippen LogP contribution in [-0.2, 0) is 9.59 Å². The number of fused-ring (bicyclic) bond motifs is 1. The SMILES string of the molecule is CC1=CC(=O)C[C@]2(C)CCC(=O)C[C@@H]12. The molecule has 76 valence electrons. The Morgan fingerprint density at radius 2 is 2.14 bits per heavy atom. The highest BCUT2D eigenvalue weighted by atomic mass is 16.1. The molecule has 0 unspecified atom stereocenters. The van der Waals surface area contributed by atoms with Gasteiger partial charge in [-0.2, -0.15) is 0 Å². The molecule has 0 heterocycles. The van der Waals surface area contributed by atoms with Crippen LogP contribution in [0, 0.1) is 11.3 Å². The number of carbonyl (C=O) groups is 2. The van der Waals surface area contributed by atoms with Crippen LogP contribution in [0.1, 0.15) is 39.5 Å². The molecule has 2 rings (SSSR count). The molecule has 0 N–H and O–H groups in total. The molecular weight excluding hydrogens is 176 g/mol. The largest absolute Gasteiger partial charge is 0.300 e. The number of allylic oxidation sites excluding steroid dienone is 2. The van der Waals surface area contributed by atoms with Crippen molar-refractivity contribution in [1.82, 2.24) is 0 Å². The Balaban J connectivity index is 2.34. The van der Waals surface area contributed by atoms with Gasteiger partial charge in [-0.15, -0.1) is 0 Å². The van der Waals surface area contributed by atoms with E-state index in [1.165, 1.54) is 0 Å². The van der Waals surface area contributed by atoms with E-state index >= 15 is 0 Å². The molecular formula is C12H16O2. The summed E-state index contributed by atoms with van der Waals surface area (Å²) in [6.45, 7) is 4.14. The van der Waals surface area contributed by atoms with E-state index in [0.717, 1.165) is 12.0 Å². The van der Waals surface area contributed by atoms with Gasteiger partial charge in [-0.3, -0.25) is 9.59 Å². The summed E-state index contributed by atoms with van der Waals surface area (Å²) in [4.78, 5) is 22.8. The molecule has 0 aromatic carbocycles. The molecule has 2 aliphatic rings. The molecule has 0 aromatic heterocycles. The van der Waals surface area contributed by atoms with Gasteiger partial charge < -0.3 is 0 Å². The van der Waals surface area contributed by atoms with E-state index in [0.29, 0.717) is 31.0 Å². The van der Waals surface area contributed by atoms with Crippen LogP contribution >= 0.6 is 0 Å². The molecule has 0 spiro atoms. The summed E-state index contributed by atoms with van der Waals surface area (Å²) in [6.07, 6.45) is 4.54. The highest BCUT2D eigenvalue weighted by Gasteiger charge is 2.43. The fourth-order valence-electron chi connectivity index (χ4n) is 2.90. The maximum Gasteiger partial charge on any atom is 0.156 e. The van der Waals surface area contributed by atoms with E-state index in [1.807, 2.05) is 6.92 Å². The van der Waals surface area contributed by atoms with E-state index in [4.69, 9.17) is 0 Å². The van der Waals surface area contributed by atoms with E-state index < -0.39 is 0 Å². The number of carbonyl (C=O) groups excluding carboxylic acids is 2. The first-order valence-corrected chi connectivity index (χ1v) is 5.24. The molecule has 0 saturated heterocycles. The smallest absolute Gasteiger partial charge is 0.156 e. The maximum atomic E-state index is 11.5. The monoisotopic (exact) mass is 192 g/mol. The van der Waals surface area contributed by atoms with Crippen LogP contribution in [0.5, 0.6) is 0 Å². The van der Waals surface area contributed by atoms with Crippen LogP contribution in [0.3, 0.4) is 0 Å². The van der Waals surface area contributed by atoms with E-state index in [9.17, 15) is 9.59 Å². The summed E-state index contributed by atoms with van der Waals surface area (Å²) in [5.74, 6) is 0.909. The maximum absolute atomic E-state index is 11.5. The number of ketones is 2. The van der Waals surface area contributed by atoms with Gasteiger partial charge in [0.15, 0.2) is 5.78 Å². The standard InChI is InChI=1S/C12H16O2/c1-8-5-10(14)7-12(2)4-3-9(13)6-11(8)12/h5,11H,3-4,6-7H2,1-2H3/t11-,12-/m0/s1. The highest BCUT2D eigenvalue weighted by molar-refractivity contribution is 5.93. The predicted octanol–water partition coefficient (Wildman–Crippen LogP) is 2.28. The van der Waals surface area contributed by atoms with Gasteiger partial charge in [0.1, 0.15) is 5.78 Å². The molecule has 0 aromatic rings. The van der Waals surface area contributed by atoms with Crippen LogP contribution in [0.15, 0.2) is 11.6 Å². The topological polar surface area (TPSA) is 34.1 Å². The van der Waals surface area contributed by atoms with Gasteiger partial charge in [0.25, 0.3) is 0 Å². The lowest BCUT2D eigenvalue weighted by atomic mass is 9.60. The molecule has 2 aliphatic carbocycles. The van der Waals surface area contributed by atoms with Gasteiger partial charge in [0.2, 0.25) is 0 Å². The number of hydrogen-bond donors (Lipinski definition) is 0. The Bertz CT molecular complexity index is 327. The molecule has 0 bridgehead atoms. The zero-order valence-corrected chi connectivity index (χ0v) is 8.80. The minimum absolute atomic E-state index is 0.0594. The zero-order valence-electron chi connectivity index (χ0n) is 8.80. The predicted molar refractivity (Wildman–Crippen MR) is 53.8 cm³/mol. The minimum atomic E-state index is 0.0594. The third-order valence-electron chi connectivity index (χ3n) is 3.76. The second-order valence-electron chi connectivity index (χ2n) is 4.98. The van der Waals surface area contributed by atoms with Crippen molar-refractivity contribution < 1.29 is 9.59 Å². The first kappa shape index (κ1) is 9.63. The second kappa shape index (κ2) is 3.04. The van der Waals surface area contributed by atoms with Gasteiger partial charge in [0, 0.05) is 19.3 Å². The molecule has 0 aliphatic heterocycles.